The van der Waals surface area contributed by atoms with Gasteiger partial charge in [-0.05, 0) is 37.0 Å². The molecule has 2 rings (SSSR count). The van der Waals surface area contributed by atoms with E-state index < -0.39 is 0 Å². The maximum atomic E-state index is 5.63. The van der Waals surface area contributed by atoms with Crippen LogP contribution in [0.2, 0.25) is 0 Å². The van der Waals surface area contributed by atoms with Gasteiger partial charge < -0.3 is 15.4 Å². The Hall–Kier alpha value is -1.06. The molecule has 0 saturated carbocycles. The van der Waals surface area contributed by atoms with Gasteiger partial charge in [0, 0.05) is 32.4 Å². The van der Waals surface area contributed by atoms with E-state index in [4.69, 9.17) is 10.5 Å². The van der Waals surface area contributed by atoms with E-state index in [9.17, 15) is 0 Å². The Morgan fingerprint density at radius 1 is 1.35 bits per heavy atom. The normalized spacial score (nSPS) is 19.5. The van der Waals surface area contributed by atoms with E-state index in [0.717, 1.165) is 19.6 Å². The summed E-state index contributed by atoms with van der Waals surface area (Å²) in [4.78, 5) is 2.28. The molecule has 1 aromatic carbocycles. The minimum atomic E-state index is 0.473. The number of nitrogens with two attached hydrogens (primary N) is 1. The third kappa shape index (κ3) is 3.45. The molecule has 1 heterocycles. The van der Waals surface area contributed by atoms with Crippen LogP contribution in [0.25, 0.3) is 0 Å². The fourth-order valence-corrected chi connectivity index (χ4v) is 2.23. The van der Waals surface area contributed by atoms with Crippen LogP contribution in [0, 0.1) is 0 Å². The first-order valence-corrected chi connectivity index (χ1v) is 6.41. The summed E-state index contributed by atoms with van der Waals surface area (Å²) in [5.74, 6) is 0. The molecule has 1 fully saturated rings. The number of hydrogen-bond donors (Lipinski definition) is 1. The van der Waals surface area contributed by atoms with E-state index in [0.29, 0.717) is 12.6 Å². The largest absolute Gasteiger partial charge is 0.378 e. The summed E-state index contributed by atoms with van der Waals surface area (Å²) in [6, 6.07) is 8.46. The fourth-order valence-electron chi connectivity index (χ4n) is 2.23. The molecule has 1 aliphatic heterocycles. The van der Waals surface area contributed by atoms with Crippen LogP contribution in [0.5, 0.6) is 0 Å². The molecule has 3 nitrogen and oxygen atoms in total. The van der Waals surface area contributed by atoms with Gasteiger partial charge in [0.1, 0.15) is 0 Å². The molecule has 1 aromatic rings. The van der Waals surface area contributed by atoms with Gasteiger partial charge in [0.15, 0.2) is 0 Å². The first kappa shape index (κ1) is 12.4. The van der Waals surface area contributed by atoms with Crippen molar-refractivity contribution in [2.45, 2.75) is 31.9 Å². The second-order valence-corrected chi connectivity index (χ2v) is 4.72. The molecule has 2 N–H and O–H groups in total. The summed E-state index contributed by atoms with van der Waals surface area (Å²) in [6.45, 7) is 2.60. The second-order valence-electron chi connectivity index (χ2n) is 4.72. The number of nitrogens with zero attached hydrogens (tertiary/aromatic N) is 1. The van der Waals surface area contributed by atoms with Gasteiger partial charge in [0.25, 0.3) is 0 Å². The molecule has 0 aliphatic carbocycles. The lowest BCUT2D eigenvalue weighted by Crippen LogP contribution is -2.22. The van der Waals surface area contributed by atoms with Crippen molar-refractivity contribution in [3.63, 3.8) is 0 Å². The first-order valence-electron chi connectivity index (χ1n) is 6.41. The smallest absolute Gasteiger partial charge is 0.0592 e. The van der Waals surface area contributed by atoms with Gasteiger partial charge in [-0.2, -0.15) is 0 Å². The maximum Gasteiger partial charge on any atom is 0.0592 e. The van der Waals surface area contributed by atoms with Gasteiger partial charge in [0.05, 0.1) is 6.10 Å². The highest BCUT2D eigenvalue weighted by Gasteiger charge is 2.15. The number of benzene rings is 1. The molecule has 1 atom stereocenters. The predicted octanol–water partition coefficient (Wildman–Crippen LogP) is 2.15. The van der Waals surface area contributed by atoms with Crippen LogP contribution in [0.4, 0.5) is 5.69 Å². The molecule has 17 heavy (non-hydrogen) atoms. The van der Waals surface area contributed by atoms with Crippen molar-refractivity contribution >= 4 is 5.69 Å². The average Bonchev–Trinajstić information content (AvgIpc) is 2.89. The highest BCUT2D eigenvalue weighted by atomic mass is 16.5. The van der Waals surface area contributed by atoms with Crippen LogP contribution in [0.3, 0.4) is 0 Å². The molecular formula is C14H22N2O. The monoisotopic (exact) mass is 234 g/mol. The van der Waals surface area contributed by atoms with Gasteiger partial charge >= 0.3 is 0 Å². The topological polar surface area (TPSA) is 38.5 Å². The fraction of sp³-hybridized carbons (Fsp3) is 0.571. The minimum absolute atomic E-state index is 0.473. The van der Waals surface area contributed by atoms with Gasteiger partial charge in [-0.3, -0.25) is 0 Å². The lowest BCUT2D eigenvalue weighted by atomic mass is 10.1. The van der Waals surface area contributed by atoms with Crippen molar-refractivity contribution in [2.75, 3.05) is 25.1 Å². The average molecular weight is 234 g/mol. The Morgan fingerprint density at radius 2 is 2.12 bits per heavy atom. The van der Waals surface area contributed by atoms with Gasteiger partial charge in [-0.1, -0.05) is 12.1 Å². The summed E-state index contributed by atoms with van der Waals surface area (Å²) in [5.41, 5.74) is 8.02. The lowest BCUT2D eigenvalue weighted by molar-refractivity contribution is 0.106. The number of rotatable bonds is 5. The quantitative estimate of drug-likeness (QED) is 0.848. The van der Waals surface area contributed by atoms with E-state index in [1.807, 2.05) is 0 Å². The standard InChI is InChI=1S/C14H22N2O/c1-16(9-8-14-3-2-10-17-14)13-6-4-12(11-15)5-7-13/h4-7,14H,2-3,8-11,15H2,1H3. The third-order valence-corrected chi connectivity index (χ3v) is 3.42. The summed E-state index contributed by atoms with van der Waals surface area (Å²) in [6.07, 6.45) is 4.04. The highest BCUT2D eigenvalue weighted by Crippen LogP contribution is 2.18. The number of anilines is 1. The SMILES string of the molecule is CN(CCC1CCCO1)c1ccc(CN)cc1. The van der Waals surface area contributed by atoms with Crippen molar-refractivity contribution in [3.8, 4) is 0 Å². The minimum Gasteiger partial charge on any atom is -0.378 e. The van der Waals surface area contributed by atoms with Crippen LogP contribution < -0.4 is 10.6 Å². The van der Waals surface area contributed by atoms with Gasteiger partial charge in [-0.25, -0.2) is 0 Å². The van der Waals surface area contributed by atoms with Crippen molar-refractivity contribution in [1.82, 2.24) is 0 Å². The van der Waals surface area contributed by atoms with Crippen molar-refractivity contribution in [3.05, 3.63) is 29.8 Å². The Labute approximate surface area is 104 Å². The molecule has 94 valence electrons. The van der Waals surface area contributed by atoms with E-state index in [1.165, 1.54) is 24.1 Å². The van der Waals surface area contributed by atoms with Crippen molar-refractivity contribution < 1.29 is 4.74 Å². The van der Waals surface area contributed by atoms with Crippen molar-refractivity contribution in [2.24, 2.45) is 5.73 Å². The van der Waals surface area contributed by atoms with Crippen LogP contribution in [0.15, 0.2) is 24.3 Å². The van der Waals surface area contributed by atoms with E-state index >= 15 is 0 Å². The third-order valence-electron chi connectivity index (χ3n) is 3.42. The lowest BCUT2D eigenvalue weighted by Gasteiger charge is -2.21. The summed E-state index contributed by atoms with van der Waals surface area (Å²) in [7, 11) is 2.13. The molecule has 0 spiro atoms. The second kappa shape index (κ2) is 6.03. The highest BCUT2D eigenvalue weighted by molar-refractivity contribution is 5.46. The molecule has 1 saturated heterocycles. The van der Waals surface area contributed by atoms with Gasteiger partial charge in [0.2, 0.25) is 0 Å². The first-order chi connectivity index (χ1) is 8.29. The molecule has 1 unspecified atom stereocenters. The molecule has 0 aromatic heterocycles. The zero-order valence-corrected chi connectivity index (χ0v) is 10.6. The van der Waals surface area contributed by atoms with E-state index in [-0.39, 0.29) is 0 Å². The van der Waals surface area contributed by atoms with Gasteiger partial charge in [-0.15, -0.1) is 0 Å². The van der Waals surface area contributed by atoms with Crippen LogP contribution in [0.1, 0.15) is 24.8 Å². The van der Waals surface area contributed by atoms with E-state index in [1.54, 1.807) is 0 Å². The van der Waals surface area contributed by atoms with Crippen LogP contribution in [-0.2, 0) is 11.3 Å². The number of ether oxygens (including phenoxy) is 1. The zero-order chi connectivity index (χ0) is 12.1. The maximum absolute atomic E-state index is 5.63. The molecule has 1 aliphatic rings. The molecule has 0 amide bonds. The summed E-state index contributed by atoms with van der Waals surface area (Å²) >= 11 is 0. The van der Waals surface area contributed by atoms with Crippen LogP contribution >= 0.6 is 0 Å². The molecular weight excluding hydrogens is 212 g/mol. The summed E-state index contributed by atoms with van der Waals surface area (Å²) < 4.78 is 5.63. The molecule has 3 heteroatoms. The zero-order valence-electron chi connectivity index (χ0n) is 10.6. The predicted molar refractivity (Wildman–Crippen MR) is 71.2 cm³/mol. The Kier molecular flexibility index (Phi) is 4.40. The summed E-state index contributed by atoms with van der Waals surface area (Å²) in [5, 5.41) is 0. The molecule has 0 bridgehead atoms. The number of hydrogen-bond acceptors (Lipinski definition) is 3. The van der Waals surface area contributed by atoms with Crippen molar-refractivity contribution in [1.29, 1.82) is 0 Å². The Morgan fingerprint density at radius 3 is 2.71 bits per heavy atom. The Bertz CT molecular complexity index is 331. The van der Waals surface area contributed by atoms with E-state index in [2.05, 4.69) is 36.2 Å². The Balaban J connectivity index is 1.83. The van der Waals surface area contributed by atoms with Crippen LogP contribution in [-0.4, -0.2) is 26.3 Å². The molecule has 0 radical (unpaired) electrons.